The molecule has 6 nitrogen and oxygen atoms in total. The minimum Gasteiger partial charge on any atom is -0.495 e. The maximum Gasteiger partial charge on any atom is 0.161 e. The summed E-state index contributed by atoms with van der Waals surface area (Å²) < 4.78 is 16.0. The van der Waals surface area contributed by atoms with E-state index >= 15 is 0 Å². The minimum atomic E-state index is 0.522. The van der Waals surface area contributed by atoms with E-state index in [4.69, 9.17) is 25.8 Å². The topological polar surface area (TPSA) is 65.5 Å². The van der Waals surface area contributed by atoms with Gasteiger partial charge in [0.1, 0.15) is 22.7 Å². The number of thiophene rings is 1. The Morgan fingerprint density at radius 1 is 0.897 bits per heavy atom. The van der Waals surface area contributed by atoms with Gasteiger partial charge in [0, 0.05) is 16.6 Å². The van der Waals surface area contributed by atoms with Gasteiger partial charge in [-0.1, -0.05) is 17.7 Å². The van der Waals surface area contributed by atoms with Crippen molar-refractivity contribution < 1.29 is 14.2 Å². The van der Waals surface area contributed by atoms with Crippen molar-refractivity contribution in [2.45, 2.75) is 0 Å². The van der Waals surface area contributed by atoms with Gasteiger partial charge in [-0.05, 0) is 35.9 Å². The highest BCUT2D eigenvalue weighted by atomic mass is 35.5. The molecule has 0 spiro atoms. The van der Waals surface area contributed by atoms with E-state index < -0.39 is 0 Å². The van der Waals surface area contributed by atoms with Crippen LogP contribution < -0.4 is 19.5 Å². The highest BCUT2D eigenvalue weighted by Gasteiger charge is 2.15. The van der Waals surface area contributed by atoms with Gasteiger partial charge < -0.3 is 19.5 Å². The number of nitrogens with zero attached hydrogens (tertiary/aromatic N) is 2. The average Bonchev–Trinajstić information content (AvgIpc) is 3.18. The van der Waals surface area contributed by atoms with Crippen molar-refractivity contribution in [2.75, 3.05) is 26.6 Å². The highest BCUT2D eigenvalue weighted by Crippen LogP contribution is 2.40. The van der Waals surface area contributed by atoms with Crippen LogP contribution in [0.4, 0.5) is 11.5 Å². The van der Waals surface area contributed by atoms with E-state index in [0.717, 1.165) is 27.0 Å². The van der Waals surface area contributed by atoms with E-state index in [-0.39, 0.29) is 0 Å². The second-order valence-corrected chi connectivity index (χ2v) is 7.36. The molecule has 0 radical (unpaired) electrons. The van der Waals surface area contributed by atoms with E-state index in [1.165, 1.54) is 0 Å². The lowest BCUT2D eigenvalue weighted by molar-refractivity contribution is 0.355. The number of rotatable bonds is 6. The molecule has 0 amide bonds. The molecule has 2 aromatic carbocycles. The maximum absolute atomic E-state index is 6.26. The van der Waals surface area contributed by atoms with Crippen molar-refractivity contribution >= 4 is 44.7 Å². The van der Waals surface area contributed by atoms with Crippen molar-refractivity contribution in [3.63, 3.8) is 0 Å². The van der Waals surface area contributed by atoms with E-state index in [9.17, 15) is 0 Å². The number of halogens is 1. The van der Waals surface area contributed by atoms with Crippen LogP contribution in [0.3, 0.4) is 0 Å². The number of anilines is 2. The summed E-state index contributed by atoms with van der Waals surface area (Å²) in [5.74, 6) is 2.66. The van der Waals surface area contributed by atoms with Crippen LogP contribution in [0, 0.1) is 0 Å². The van der Waals surface area contributed by atoms with E-state index in [1.807, 2.05) is 30.3 Å². The Balaban J connectivity index is 1.79. The minimum absolute atomic E-state index is 0.522. The fourth-order valence-corrected chi connectivity index (χ4v) is 4.24. The van der Waals surface area contributed by atoms with E-state index in [0.29, 0.717) is 28.1 Å². The molecule has 2 heterocycles. The Kier molecular flexibility index (Phi) is 5.42. The number of hydrogen-bond acceptors (Lipinski definition) is 7. The smallest absolute Gasteiger partial charge is 0.161 e. The first-order valence-electron chi connectivity index (χ1n) is 8.69. The summed E-state index contributed by atoms with van der Waals surface area (Å²) in [5, 5.41) is 6.86. The molecule has 4 rings (SSSR count). The molecule has 8 heteroatoms. The van der Waals surface area contributed by atoms with Crippen molar-refractivity contribution in [3.05, 3.63) is 53.1 Å². The Bertz CT molecular complexity index is 1180. The third-order valence-electron chi connectivity index (χ3n) is 4.48. The van der Waals surface area contributed by atoms with Gasteiger partial charge in [0.25, 0.3) is 0 Å². The number of aromatic nitrogens is 2. The Morgan fingerprint density at radius 2 is 1.66 bits per heavy atom. The van der Waals surface area contributed by atoms with Crippen LogP contribution in [0.5, 0.6) is 17.2 Å². The standard InChI is InChI=1S/C21H18ClN3O3S/c1-26-16-7-5-13(9-15(16)22)25-20-19-14(10-29-21(19)24-11-23-20)12-4-6-17(27-2)18(8-12)28-3/h4-11H,1-3H3,(H,23,24,25). The zero-order valence-corrected chi connectivity index (χ0v) is 17.6. The summed E-state index contributed by atoms with van der Waals surface area (Å²) in [6.45, 7) is 0. The number of fused-ring (bicyclic) bond motifs is 1. The molecule has 2 aromatic heterocycles. The van der Waals surface area contributed by atoms with E-state index in [2.05, 4.69) is 20.7 Å². The fraction of sp³-hybridized carbons (Fsp3) is 0.143. The van der Waals surface area contributed by atoms with Crippen molar-refractivity contribution in [2.24, 2.45) is 0 Å². The van der Waals surface area contributed by atoms with Gasteiger partial charge in [-0.3, -0.25) is 0 Å². The normalized spacial score (nSPS) is 10.8. The first-order chi connectivity index (χ1) is 14.1. The number of methoxy groups -OCH3 is 3. The second-order valence-electron chi connectivity index (χ2n) is 6.10. The molecule has 0 atom stereocenters. The molecule has 0 aliphatic heterocycles. The van der Waals surface area contributed by atoms with E-state index in [1.54, 1.807) is 45.1 Å². The van der Waals surface area contributed by atoms with Crippen LogP contribution in [-0.2, 0) is 0 Å². The summed E-state index contributed by atoms with van der Waals surface area (Å²) in [4.78, 5) is 9.76. The Hall–Kier alpha value is -3.03. The molecule has 148 valence electrons. The predicted octanol–water partition coefficient (Wildman–Crippen LogP) is 5.78. The number of nitrogens with one attached hydrogen (secondary N) is 1. The van der Waals surface area contributed by atoms with Gasteiger partial charge in [0.05, 0.1) is 31.7 Å². The maximum atomic E-state index is 6.26. The van der Waals surface area contributed by atoms with Gasteiger partial charge >= 0.3 is 0 Å². The Morgan fingerprint density at radius 3 is 2.38 bits per heavy atom. The molecule has 0 aliphatic rings. The lowest BCUT2D eigenvalue weighted by atomic mass is 10.1. The molecular weight excluding hydrogens is 410 g/mol. The van der Waals surface area contributed by atoms with Gasteiger partial charge in [0.2, 0.25) is 0 Å². The molecule has 0 saturated heterocycles. The largest absolute Gasteiger partial charge is 0.495 e. The monoisotopic (exact) mass is 427 g/mol. The summed E-state index contributed by atoms with van der Waals surface area (Å²) >= 11 is 7.82. The summed E-state index contributed by atoms with van der Waals surface area (Å²) in [7, 11) is 4.83. The van der Waals surface area contributed by atoms with Crippen molar-refractivity contribution in [1.82, 2.24) is 9.97 Å². The molecule has 1 N–H and O–H groups in total. The molecule has 0 saturated carbocycles. The molecule has 29 heavy (non-hydrogen) atoms. The van der Waals surface area contributed by atoms with Crippen molar-refractivity contribution in [1.29, 1.82) is 0 Å². The molecule has 4 aromatic rings. The highest BCUT2D eigenvalue weighted by molar-refractivity contribution is 7.17. The first-order valence-corrected chi connectivity index (χ1v) is 9.95. The van der Waals surface area contributed by atoms with Crippen LogP contribution in [0.15, 0.2) is 48.1 Å². The summed E-state index contributed by atoms with van der Waals surface area (Å²) in [6, 6.07) is 11.3. The van der Waals surface area contributed by atoms with Crippen LogP contribution in [0.1, 0.15) is 0 Å². The average molecular weight is 428 g/mol. The van der Waals surface area contributed by atoms with Gasteiger partial charge in [-0.2, -0.15) is 0 Å². The molecule has 0 unspecified atom stereocenters. The number of benzene rings is 2. The Labute approximate surface area is 177 Å². The van der Waals surface area contributed by atoms with Gasteiger partial charge in [-0.15, -0.1) is 11.3 Å². The second kappa shape index (κ2) is 8.14. The lowest BCUT2D eigenvalue weighted by Crippen LogP contribution is -1.96. The fourth-order valence-electron chi connectivity index (χ4n) is 3.07. The van der Waals surface area contributed by atoms with Crippen LogP contribution in [0.25, 0.3) is 21.3 Å². The number of hydrogen-bond donors (Lipinski definition) is 1. The number of ether oxygens (including phenoxy) is 3. The molecule has 0 aliphatic carbocycles. The zero-order chi connectivity index (χ0) is 20.4. The lowest BCUT2D eigenvalue weighted by Gasteiger charge is -2.12. The molecular formula is C21H18ClN3O3S. The SMILES string of the molecule is COc1ccc(Nc2ncnc3scc(-c4ccc(OC)c(OC)c4)c23)cc1Cl. The quantitative estimate of drug-likeness (QED) is 0.420. The molecule has 0 bridgehead atoms. The van der Waals surface area contributed by atoms with Crippen molar-refractivity contribution in [3.8, 4) is 28.4 Å². The summed E-state index contributed by atoms with van der Waals surface area (Å²) in [6.07, 6.45) is 1.55. The molecule has 0 fully saturated rings. The van der Waals surface area contributed by atoms with Crippen LogP contribution in [-0.4, -0.2) is 31.3 Å². The first kappa shape index (κ1) is 19.3. The zero-order valence-electron chi connectivity index (χ0n) is 16.0. The summed E-state index contributed by atoms with van der Waals surface area (Å²) in [5.41, 5.74) is 2.80. The van der Waals surface area contributed by atoms with Gasteiger partial charge in [0.15, 0.2) is 11.5 Å². The van der Waals surface area contributed by atoms with Crippen LogP contribution in [0.2, 0.25) is 5.02 Å². The van der Waals surface area contributed by atoms with Gasteiger partial charge in [-0.25, -0.2) is 9.97 Å². The predicted molar refractivity (Wildman–Crippen MR) is 117 cm³/mol. The third kappa shape index (κ3) is 3.66. The van der Waals surface area contributed by atoms with Crippen LogP contribution >= 0.6 is 22.9 Å². The third-order valence-corrected chi connectivity index (χ3v) is 5.66.